The SMILES string of the molecule is [B]c1ccc(-c2cc3cncnc3cc2O)nn1. The van der Waals surface area contributed by atoms with Gasteiger partial charge in [0.1, 0.15) is 19.9 Å². The Morgan fingerprint density at radius 1 is 1.11 bits per heavy atom. The smallest absolute Gasteiger partial charge is 0.144 e. The van der Waals surface area contributed by atoms with Gasteiger partial charge in [0, 0.05) is 28.8 Å². The molecule has 0 fully saturated rings. The number of rotatable bonds is 1. The largest absolute Gasteiger partial charge is 0.507 e. The van der Waals surface area contributed by atoms with E-state index in [-0.39, 0.29) is 5.75 Å². The van der Waals surface area contributed by atoms with E-state index in [1.807, 2.05) is 0 Å². The van der Waals surface area contributed by atoms with Gasteiger partial charge in [-0.25, -0.2) is 9.97 Å². The maximum Gasteiger partial charge on any atom is 0.144 e. The van der Waals surface area contributed by atoms with Crippen LogP contribution >= 0.6 is 0 Å². The van der Waals surface area contributed by atoms with Gasteiger partial charge in [-0.3, -0.25) is 0 Å². The minimum Gasteiger partial charge on any atom is -0.507 e. The lowest BCUT2D eigenvalue weighted by Gasteiger charge is -2.05. The number of phenols is 1. The molecule has 84 valence electrons. The summed E-state index contributed by atoms with van der Waals surface area (Å²) in [4.78, 5) is 8.01. The maximum atomic E-state index is 9.97. The molecule has 0 bridgehead atoms. The number of phenolic OH excluding ortho intramolecular Hbond substituents is 1. The molecule has 0 saturated heterocycles. The Morgan fingerprint density at radius 3 is 2.78 bits per heavy atom. The van der Waals surface area contributed by atoms with Gasteiger partial charge in [0.05, 0.1) is 11.2 Å². The van der Waals surface area contributed by atoms with E-state index in [1.54, 1.807) is 30.5 Å². The van der Waals surface area contributed by atoms with E-state index in [0.29, 0.717) is 22.4 Å². The normalized spacial score (nSPS) is 10.7. The van der Waals surface area contributed by atoms with Crippen LogP contribution in [0.15, 0.2) is 36.8 Å². The summed E-state index contributed by atoms with van der Waals surface area (Å²) in [5.74, 6) is 0.0975. The number of aromatic hydroxyl groups is 1. The Morgan fingerprint density at radius 2 is 2.00 bits per heavy atom. The zero-order valence-corrected chi connectivity index (χ0v) is 9.28. The van der Waals surface area contributed by atoms with Crippen molar-refractivity contribution in [2.45, 2.75) is 0 Å². The average Bonchev–Trinajstić information content (AvgIpc) is 2.39. The fourth-order valence-corrected chi connectivity index (χ4v) is 1.71. The second-order valence-electron chi connectivity index (χ2n) is 3.79. The molecule has 0 unspecified atom stereocenters. The summed E-state index contributed by atoms with van der Waals surface area (Å²) in [6, 6.07) is 6.68. The molecular weight excluding hydrogens is 227 g/mol. The molecule has 0 amide bonds. The monoisotopic (exact) mass is 234 g/mol. The van der Waals surface area contributed by atoms with E-state index >= 15 is 0 Å². The summed E-state index contributed by atoms with van der Waals surface area (Å²) in [5.41, 5.74) is 2.13. The van der Waals surface area contributed by atoms with Crippen LogP contribution in [0.3, 0.4) is 0 Å². The Bertz CT molecular complexity index is 715. The first kappa shape index (κ1) is 10.6. The number of nitrogens with zero attached hydrogens (tertiary/aromatic N) is 4. The standard InChI is InChI=1S/C12H7BN4O/c13-12-2-1-9(16-17-12)8-3-7-5-14-6-15-10(7)4-11(8)18/h1-6,18H. The van der Waals surface area contributed by atoms with E-state index in [4.69, 9.17) is 7.85 Å². The molecule has 0 saturated carbocycles. The number of benzene rings is 1. The van der Waals surface area contributed by atoms with Crippen LogP contribution < -0.4 is 5.59 Å². The molecule has 1 N–H and O–H groups in total. The number of hydrogen-bond acceptors (Lipinski definition) is 5. The van der Waals surface area contributed by atoms with Gasteiger partial charge in [-0.1, -0.05) is 0 Å². The van der Waals surface area contributed by atoms with Crippen LogP contribution in [0.5, 0.6) is 5.75 Å². The summed E-state index contributed by atoms with van der Waals surface area (Å²) in [6.07, 6.45) is 3.11. The molecule has 0 aliphatic rings. The molecule has 3 rings (SSSR count). The molecule has 6 heteroatoms. The molecular formula is C12H7BN4O. The number of fused-ring (bicyclic) bond motifs is 1. The van der Waals surface area contributed by atoms with Crippen LogP contribution in [0.25, 0.3) is 22.2 Å². The predicted molar refractivity (Wildman–Crippen MR) is 67.6 cm³/mol. The van der Waals surface area contributed by atoms with E-state index < -0.39 is 0 Å². The Labute approximate surface area is 104 Å². The van der Waals surface area contributed by atoms with Crippen molar-refractivity contribution in [1.29, 1.82) is 0 Å². The van der Waals surface area contributed by atoms with Crippen molar-refractivity contribution in [3.63, 3.8) is 0 Å². The first-order valence-corrected chi connectivity index (χ1v) is 5.26. The third-order valence-corrected chi connectivity index (χ3v) is 2.58. The number of aromatic nitrogens is 4. The predicted octanol–water partition coefficient (Wildman–Crippen LogP) is 0.586. The van der Waals surface area contributed by atoms with Crippen molar-refractivity contribution in [1.82, 2.24) is 20.2 Å². The van der Waals surface area contributed by atoms with Crippen molar-refractivity contribution < 1.29 is 5.11 Å². The van der Waals surface area contributed by atoms with Gasteiger partial charge in [-0.15, -0.1) is 0 Å². The molecule has 0 atom stereocenters. The summed E-state index contributed by atoms with van der Waals surface area (Å²) < 4.78 is 0. The van der Waals surface area contributed by atoms with Gasteiger partial charge in [0.2, 0.25) is 0 Å². The highest BCUT2D eigenvalue weighted by Crippen LogP contribution is 2.30. The average molecular weight is 234 g/mol. The highest BCUT2D eigenvalue weighted by atomic mass is 16.3. The van der Waals surface area contributed by atoms with Crippen molar-refractivity contribution in [3.05, 3.63) is 36.8 Å². The lowest BCUT2D eigenvalue weighted by Crippen LogP contribution is -2.09. The van der Waals surface area contributed by atoms with Gasteiger partial charge in [-0.2, -0.15) is 10.2 Å². The first-order valence-electron chi connectivity index (χ1n) is 5.26. The molecule has 0 aliphatic carbocycles. The molecule has 2 radical (unpaired) electrons. The third-order valence-electron chi connectivity index (χ3n) is 2.58. The van der Waals surface area contributed by atoms with Crippen LogP contribution in [0, 0.1) is 0 Å². The molecule has 3 aromatic rings. The highest BCUT2D eigenvalue weighted by molar-refractivity contribution is 6.30. The summed E-state index contributed by atoms with van der Waals surface area (Å²) in [5, 5.41) is 18.5. The van der Waals surface area contributed by atoms with E-state index in [0.717, 1.165) is 5.39 Å². The van der Waals surface area contributed by atoms with Gasteiger partial charge < -0.3 is 5.11 Å². The van der Waals surface area contributed by atoms with Crippen LogP contribution in [0.2, 0.25) is 0 Å². The third kappa shape index (κ3) is 1.77. The second-order valence-corrected chi connectivity index (χ2v) is 3.79. The topological polar surface area (TPSA) is 71.8 Å². The van der Waals surface area contributed by atoms with Crippen molar-refractivity contribution in [2.75, 3.05) is 0 Å². The summed E-state index contributed by atoms with van der Waals surface area (Å²) >= 11 is 0. The molecule has 0 aliphatic heterocycles. The molecule has 0 spiro atoms. The van der Waals surface area contributed by atoms with Gasteiger partial charge >= 0.3 is 0 Å². The van der Waals surface area contributed by atoms with E-state index in [1.165, 1.54) is 6.33 Å². The van der Waals surface area contributed by atoms with Crippen molar-refractivity contribution in [3.8, 4) is 17.0 Å². The van der Waals surface area contributed by atoms with Crippen LogP contribution in [-0.2, 0) is 0 Å². The van der Waals surface area contributed by atoms with Gasteiger partial charge in [0.25, 0.3) is 0 Å². The minimum absolute atomic E-state index is 0.0975. The molecule has 18 heavy (non-hydrogen) atoms. The fraction of sp³-hybridized carbons (Fsp3) is 0. The number of hydrogen-bond donors (Lipinski definition) is 1. The van der Waals surface area contributed by atoms with Crippen molar-refractivity contribution >= 4 is 24.3 Å². The molecule has 2 heterocycles. The quantitative estimate of drug-likeness (QED) is 0.623. The van der Waals surface area contributed by atoms with Gasteiger partial charge in [0.15, 0.2) is 0 Å². The van der Waals surface area contributed by atoms with Crippen LogP contribution in [0.1, 0.15) is 0 Å². The van der Waals surface area contributed by atoms with Crippen molar-refractivity contribution in [2.24, 2.45) is 0 Å². The zero-order chi connectivity index (χ0) is 12.5. The minimum atomic E-state index is 0.0975. The Kier molecular flexibility index (Phi) is 2.41. The first-order chi connectivity index (χ1) is 8.74. The Hall–Kier alpha value is -2.50. The second kappa shape index (κ2) is 4.07. The summed E-state index contributed by atoms with van der Waals surface area (Å²) in [7, 11) is 5.48. The maximum absolute atomic E-state index is 9.97. The molecule has 2 aromatic heterocycles. The van der Waals surface area contributed by atoms with Gasteiger partial charge in [-0.05, 0) is 18.2 Å². The fourth-order valence-electron chi connectivity index (χ4n) is 1.71. The van der Waals surface area contributed by atoms with Crippen LogP contribution in [-0.4, -0.2) is 33.1 Å². The van der Waals surface area contributed by atoms with E-state index in [2.05, 4.69) is 20.2 Å². The Balaban J connectivity index is 2.22. The summed E-state index contributed by atoms with van der Waals surface area (Å²) in [6.45, 7) is 0. The van der Waals surface area contributed by atoms with E-state index in [9.17, 15) is 5.11 Å². The molecule has 1 aromatic carbocycles. The zero-order valence-electron chi connectivity index (χ0n) is 9.28. The molecule has 5 nitrogen and oxygen atoms in total. The van der Waals surface area contributed by atoms with Crippen LogP contribution in [0.4, 0.5) is 0 Å². The lowest BCUT2D eigenvalue weighted by molar-refractivity contribution is 0.477. The highest BCUT2D eigenvalue weighted by Gasteiger charge is 2.08. The lowest BCUT2D eigenvalue weighted by atomic mass is 10.0.